The first-order chi connectivity index (χ1) is 9.65. The Balaban J connectivity index is 1.84. The molecule has 1 heterocycles. The molecular weight excluding hydrogens is 262 g/mol. The molecule has 2 atom stereocenters. The van der Waals surface area contributed by atoms with Crippen LogP contribution in [0.5, 0.6) is 0 Å². The maximum atomic E-state index is 12.3. The highest BCUT2D eigenvalue weighted by atomic mass is 16.2. The van der Waals surface area contributed by atoms with Crippen molar-refractivity contribution in [2.45, 2.75) is 96.3 Å². The second-order valence-corrected chi connectivity index (χ2v) is 8.58. The predicted molar refractivity (Wildman–Crippen MR) is 87.4 cm³/mol. The fraction of sp³-hybridized carbons (Fsp3) is 0.941. The van der Waals surface area contributed by atoms with Crippen LogP contribution >= 0.6 is 0 Å². The summed E-state index contributed by atoms with van der Waals surface area (Å²) in [5.74, 6) is 0.737. The van der Waals surface area contributed by atoms with E-state index in [0.717, 1.165) is 31.6 Å². The topological polar surface area (TPSA) is 53.2 Å². The standard InChI is InChI=1S/C17H33N3O/c1-12-7-6-8-13(9-12)18-15(21)19-14-10-16(2,3)20-17(4,5)11-14/h12-14,20H,6-11H2,1-5H3,(H2,18,19,21). The number of hydrogen-bond donors (Lipinski definition) is 3. The SMILES string of the molecule is CC1CCCC(NC(=O)NC2CC(C)(C)NC(C)(C)C2)C1. The Hall–Kier alpha value is -0.770. The van der Waals surface area contributed by atoms with Crippen molar-refractivity contribution < 1.29 is 4.79 Å². The fourth-order valence-electron chi connectivity index (χ4n) is 4.40. The molecule has 0 aromatic carbocycles. The number of rotatable bonds is 2. The molecule has 0 aromatic rings. The summed E-state index contributed by atoms with van der Waals surface area (Å²) in [4.78, 5) is 12.3. The molecule has 122 valence electrons. The third kappa shape index (κ3) is 5.17. The highest BCUT2D eigenvalue weighted by Gasteiger charge is 2.38. The van der Waals surface area contributed by atoms with Gasteiger partial charge in [-0.3, -0.25) is 0 Å². The van der Waals surface area contributed by atoms with Gasteiger partial charge in [0.25, 0.3) is 0 Å². The van der Waals surface area contributed by atoms with Gasteiger partial charge in [0, 0.05) is 23.2 Å². The van der Waals surface area contributed by atoms with E-state index in [1.54, 1.807) is 0 Å². The zero-order valence-corrected chi connectivity index (χ0v) is 14.4. The van der Waals surface area contributed by atoms with Crippen LogP contribution < -0.4 is 16.0 Å². The Morgan fingerprint density at radius 2 is 1.57 bits per heavy atom. The van der Waals surface area contributed by atoms with Gasteiger partial charge in [-0.15, -0.1) is 0 Å². The molecule has 4 heteroatoms. The van der Waals surface area contributed by atoms with Gasteiger partial charge < -0.3 is 16.0 Å². The molecule has 2 rings (SSSR count). The third-order valence-corrected chi connectivity index (χ3v) is 4.80. The lowest BCUT2D eigenvalue weighted by atomic mass is 9.79. The van der Waals surface area contributed by atoms with Crippen LogP contribution in [0.1, 0.15) is 73.1 Å². The maximum absolute atomic E-state index is 12.3. The van der Waals surface area contributed by atoms with Crippen molar-refractivity contribution >= 4 is 6.03 Å². The minimum Gasteiger partial charge on any atom is -0.335 e. The summed E-state index contributed by atoms with van der Waals surface area (Å²) < 4.78 is 0. The molecule has 21 heavy (non-hydrogen) atoms. The van der Waals surface area contributed by atoms with Gasteiger partial charge >= 0.3 is 6.03 Å². The van der Waals surface area contributed by atoms with E-state index in [9.17, 15) is 4.79 Å². The summed E-state index contributed by atoms with van der Waals surface area (Å²) in [5.41, 5.74) is 0.137. The highest BCUT2D eigenvalue weighted by Crippen LogP contribution is 2.28. The van der Waals surface area contributed by atoms with Crippen LogP contribution in [-0.2, 0) is 0 Å². The summed E-state index contributed by atoms with van der Waals surface area (Å²) >= 11 is 0. The molecule has 1 aliphatic heterocycles. The van der Waals surface area contributed by atoms with Gasteiger partial charge in [-0.25, -0.2) is 4.79 Å². The lowest BCUT2D eigenvalue weighted by molar-refractivity contribution is 0.146. The van der Waals surface area contributed by atoms with Crippen LogP contribution in [0.2, 0.25) is 0 Å². The van der Waals surface area contributed by atoms with Crippen molar-refractivity contribution in [3.63, 3.8) is 0 Å². The molecule has 3 N–H and O–H groups in total. The quantitative estimate of drug-likeness (QED) is 0.733. The fourth-order valence-corrected chi connectivity index (χ4v) is 4.40. The highest BCUT2D eigenvalue weighted by molar-refractivity contribution is 5.74. The van der Waals surface area contributed by atoms with E-state index in [0.29, 0.717) is 6.04 Å². The van der Waals surface area contributed by atoms with Crippen LogP contribution in [0.4, 0.5) is 4.79 Å². The summed E-state index contributed by atoms with van der Waals surface area (Å²) in [5, 5.41) is 10.0. The normalized spacial score (nSPS) is 32.4. The number of nitrogens with one attached hydrogen (secondary N) is 3. The van der Waals surface area contributed by atoms with E-state index >= 15 is 0 Å². The van der Waals surface area contributed by atoms with Gasteiger partial charge in [0.1, 0.15) is 0 Å². The number of carbonyl (C=O) groups is 1. The predicted octanol–water partition coefficient (Wildman–Crippen LogP) is 3.17. The smallest absolute Gasteiger partial charge is 0.315 e. The van der Waals surface area contributed by atoms with Crippen molar-refractivity contribution in [2.75, 3.05) is 0 Å². The van der Waals surface area contributed by atoms with Gasteiger partial charge in [0.05, 0.1) is 0 Å². The molecule has 2 amide bonds. The van der Waals surface area contributed by atoms with E-state index in [1.165, 1.54) is 12.8 Å². The van der Waals surface area contributed by atoms with E-state index in [1.807, 2.05) is 0 Å². The molecule has 2 aliphatic rings. The number of urea groups is 1. The zero-order valence-electron chi connectivity index (χ0n) is 14.4. The van der Waals surface area contributed by atoms with E-state index < -0.39 is 0 Å². The van der Waals surface area contributed by atoms with E-state index in [2.05, 4.69) is 50.6 Å². The lowest BCUT2D eigenvalue weighted by Crippen LogP contribution is -2.63. The molecule has 1 aliphatic carbocycles. The molecule has 0 bridgehead atoms. The minimum atomic E-state index is 0.0209. The summed E-state index contributed by atoms with van der Waals surface area (Å²) in [7, 11) is 0. The van der Waals surface area contributed by atoms with Gasteiger partial charge in [-0.05, 0) is 59.3 Å². The molecule has 4 nitrogen and oxygen atoms in total. The average molecular weight is 295 g/mol. The van der Waals surface area contributed by atoms with Crippen LogP contribution in [-0.4, -0.2) is 29.2 Å². The zero-order chi connectivity index (χ0) is 15.7. The molecule has 1 saturated heterocycles. The van der Waals surface area contributed by atoms with Crippen LogP contribution in [0.15, 0.2) is 0 Å². The first-order valence-corrected chi connectivity index (χ1v) is 8.52. The monoisotopic (exact) mass is 295 g/mol. The minimum absolute atomic E-state index is 0.0209. The average Bonchev–Trinajstić information content (AvgIpc) is 2.23. The van der Waals surface area contributed by atoms with Crippen LogP contribution in [0.3, 0.4) is 0 Å². The lowest BCUT2D eigenvalue weighted by Gasteiger charge is -2.46. The molecule has 1 saturated carbocycles. The Morgan fingerprint density at radius 3 is 2.14 bits per heavy atom. The third-order valence-electron chi connectivity index (χ3n) is 4.80. The van der Waals surface area contributed by atoms with Crippen LogP contribution in [0.25, 0.3) is 0 Å². The Kier molecular flexibility index (Phi) is 4.86. The number of hydrogen-bond acceptors (Lipinski definition) is 2. The number of carbonyl (C=O) groups excluding carboxylic acids is 1. The number of piperidine rings is 1. The Morgan fingerprint density at radius 1 is 1.00 bits per heavy atom. The Labute approximate surface area is 129 Å². The molecule has 0 spiro atoms. The van der Waals surface area contributed by atoms with Crippen molar-refractivity contribution in [1.82, 2.24) is 16.0 Å². The van der Waals surface area contributed by atoms with Gasteiger partial charge in [0.15, 0.2) is 0 Å². The molecule has 2 fully saturated rings. The van der Waals surface area contributed by atoms with E-state index in [4.69, 9.17) is 0 Å². The second kappa shape index (κ2) is 6.15. The van der Waals surface area contributed by atoms with Gasteiger partial charge in [0.2, 0.25) is 0 Å². The summed E-state index contributed by atoms with van der Waals surface area (Å²) in [6.07, 6.45) is 6.74. The second-order valence-electron chi connectivity index (χ2n) is 8.58. The van der Waals surface area contributed by atoms with Gasteiger partial charge in [-0.2, -0.15) is 0 Å². The first-order valence-electron chi connectivity index (χ1n) is 8.52. The van der Waals surface area contributed by atoms with Gasteiger partial charge in [-0.1, -0.05) is 19.8 Å². The van der Waals surface area contributed by atoms with E-state index in [-0.39, 0.29) is 23.2 Å². The molecule has 0 aromatic heterocycles. The summed E-state index contributed by atoms with van der Waals surface area (Å²) in [6, 6.07) is 0.626. The molecule has 0 radical (unpaired) electrons. The molecular formula is C17H33N3O. The number of amides is 2. The largest absolute Gasteiger partial charge is 0.335 e. The Bertz CT molecular complexity index is 362. The molecule has 2 unspecified atom stereocenters. The van der Waals surface area contributed by atoms with Crippen molar-refractivity contribution in [1.29, 1.82) is 0 Å². The van der Waals surface area contributed by atoms with Crippen molar-refractivity contribution in [2.24, 2.45) is 5.92 Å². The summed E-state index contributed by atoms with van der Waals surface area (Å²) in [6.45, 7) is 11.1. The maximum Gasteiger partial charge on any atom is 0.315 e. The van der Waals surface area contributed by atoms with Crippen LogP contribution in [0, 0.1) is 5.92 Å². The first kappa shape index (κ1) is 16.6. The van der Waals surface area contributed by atoms with Crippen molar-refractivity contribution in [3.05, 3.63) is 0 Å². The van der Waals surface area contributed by atoms with Crippen molar-refractivity contribution in [3.8, 4) is 0 Å².